The Morgan fingerprint density at radius 2 is 1.50 bits per heavy atom. The van der Waals surface area contributed by atoms with Crippen molar-refractivity contribution >= 4 is 5.97 Å². The minimum atomic E-state index is -1.08. The number of esters is 1. The van der Waals surface area contributed by atoms with Gasteiger partial charge in [0.15, 0.2) is 0 Å². The molecule has 0 unspecified atom stereocenters. The predicted octanol–water partition coefficient (Wildman–Crippen LogP) is 4.95. The third-order valence-corrected chi connectivity index (χ3v) is 6.66. The van der Waals surface area contributed by atoms with E-state index in [2.05, 4.69) is 0 Å². The normalized spacial score (nSPS) is 15.6. The molecule has 0 atom stereocenters. The van der Waals surface area contributed by atoms with Crippen LogP contribution in [0.15, 0.2) is 42.5 Å². The van der Waals surface area contributed by atoms with E-state index in [-0.39, 0.29) is 24.6 Å². The summed E-state index contributed by atoms with van der Waals surface area (Å²) in [5.74, 6) is 0.643. The molecule has 1 heterocycles. The first kappa shape index (κ1) is 25.8. The van der Waals surface area contributed by atoms with Crippen LogP contribution in [0.2, 0.25) is 0 Å². The molecule has 34 heavy (non-hydrogen) atoms. The molecule has 3 rings (SSSR count). The third-order valence-electron chi connectivity index (χ3n) is 6.66. The number of hydrogen-bond acceptors (Lipinski definition) is 7. The number of benzene rings is 2. The summed E-state index contributed by atoms with van der Waals surface area (Å²) in [5.41, 5.74) is 0.787. The second kappa shape index (κ2) is 10.2. The zero-order chi connectivity index (χ0) is 25.0. The van der Waals surface area contributed by atoms with E-state index in [1.54, 1.807) is 14.2 Å². The van der Waals surface area contributed by atoms with E-state index in [0.717, 1.165) is 11.1 Å². The highest BCUT2D eigenvalue weighted by Crippen LogP contribution is 2.44. The molecule has 0 radical (unpaired) electrons. The topological polar surface area (TPSA) is 72.5 Å². The summed E-state index contributed by atoms with van der Waals surface area (Å²) in [5, 5.41) is 0. The Morgan fingerprint density at radius 1 is 0.882 bits per heavy atom. The monoisotopic (exact) mass is 472 g/mol. The second-order valence-corrected chi connectivity index (χ2v) is 9.76. The van der Waals surface area contributed by atoms with Crippen LogP contribution in [0.5, 0.6) is 17.2 Å². The van der Waals surface area contributed by atoms with Crippen LogP contribution < -0.4 is 14.2 Å². The Balaban J connectivity index is 1.68. The lowest BCUT2D eigenvalue weighted by atomic mass is 9.69. The maximum absolute atomic E-state index is 12.5. The number of carbonyl (C=O) groups excluding carboxylic acids is 1. The summed E-state index contributed by atoms with van der Waals surface area (Å²) in [6, 6.07) is 13.0. The van der Waals surface area contributed by atoms with Gasteiger partial charge in [-0.15, -0.1) is 0 Å². The molecule has 2 aromatic carbocycles. The zero-order valence-electron chi connectivity index (χ0n) is 21.2. The summed E-state index contributed by atoms with van der Waals surface area (Å²) >= 11 is 0. The summed E-state index contributed by atoms with van der Waals surface area (Å²) in [7, 11) is 3.21. The van der Waals surface area contributed by atoms with Crippen molar-refractivity contribution in [3.63, 3.8) is 0 Å². The van der Waals surface area contributed by atoms with Gasteiger partial charge in [0, 0.05) is 11.6 Å². The van der Waals surface area contributed by atoms with Crippen LogP contribution in [0.25, 0.3) is 0 Å². The van der Waals surface area contributed by atoms with Crippen LogP contribution in [-0.4, -0.2) is 46.6 Å². The van der Waals surface area contributed by atoms with Crippen LogP contribution in [0, 0.1) is 10.8 Å². The van der Waals surface area contributed by atoms with Gasteiger partial charge in [-0.05, 0) is 55.7 Å². The van der Waals surface area contributed by atoms with E-state index >= 15 is 0 Å². The smallest absolute Gasteiger partial charge is 0.312 e. The highest BCUT2D eigenvalue weighted by molar-refractivity contribution is 5.76. The van der Waals surface area contributed by atoms with Crippen LogP contribution >= 0.6 is 0 Å². The summed E-state index contributed by atoms with van der Waals surface area (Å²) in [6.07, 6.45) is 0. The first-order valence-corrected chi connectivity index (χ1v) is 11.5. The van der Waals surface area contributed by atoms with Crippen molar-refractivity contribution in [3.8, 4) is 17.2 Å². The van der Waals surface area contributed by atoms with E-state index in [4.69, 9.17) is 28.4 Å². The number of ether oxygens (including phenoxy) is 6. The molecule has 0 aromatic heterocycles. The van der Waals surface area contributed by atoms with Crippen molar-refractivity contribution in [2.75, 3.05) is 40.6 Å². The van der Waals surface area contributed by atoms with Gasteiger partial charge in [-0.3, -0.25) is 4.79 Å². The van der Waals surface area contributed by atoms with Crippen LogP contribution in [0.1, 0.15) is 45.7 Å². The molecule has 0 saturated carbocycles. The Labute approximate surface area is 202 Å². The van der Waals surface area contributed by atoms with E-state index < -0.39 is 11.2 Å². The van der Waals surface area contributed by atoms with E-state index in [0.29, 0.717) is 30.5 Å². The Kier molecular flexibility index (Phi) is 7.78. The van der Waals surface area contributed by atoms with Gasteiger partial charge >= 0.3 is 5.97 Å². The summed E-state index contributed by atoms with van der Waals surface area (Å²) in [6.45, 7) is 11.2. The van der Waals surface area contributed by atoms with Gasteiger partial charge in [-0.2, -0.15) is 0 Å². The fourth-order valence-corrected chi connectivity index (χ4v) is 3.51. The van der Waals surface area contributed by atoms with E-state index in [1.165, 1.54) is 0 Å². The third kappa shape index (κ3) is 5.15. The first-order chi connectivity index (χ1) is 16.0. The lowest BCUT2D eigenvalue weighted by molar-refractivity contribution is -0.161. The van der Waals surface area contributed by atoms with Crippen molar-refractivity contribution in [2.24, 2.45) is 10.8 Å². The lowest BCUT2D eigenvalue weighted by Crippen LogP contribution is -2.39. The van der Waals surface area contributed by atoms with Crippen molar-refractivity contribution in [2.45, 2.75) is 40.4 Å². The molecule has 7 nitrogen and oxygen atoms in total. The lowest BCUT2D eigenvalue weighted by Gasteiger charge is -2.36. The molecule has 1 fully saturated rings. The van der Waals surface area contributed by atoms with Gasteiger partial charge in [0.2, 0.25) is 5.79 Å². The van der Waals surface area contributed by atoms with Gasteiger partial charge in [-0.1, -0.05) is 20.8 Å². The standard InChI is InChI=1S/C27H36O7/c1-25(2,3)26(4,5)24(28)32-15-14-31-20-10-8-19(9-11-20)27(33-16-17-34-27)22-13-12-21(29-6)18-23(22)30-7/h8-13,18H,14-17H2,1-7H3. The Bertz CT molecular complexity index is 967. The Hall–Kier alpha value is -2.77. The van der Waals surface area contributed by atoms with Crippen LogP contribution in [0.3, 0.4) is 0 Å². The molecular formula is C27H36O7. The SMILES string of the molecule is COc1ccc(C2(c3ccc(OCCOC(=O)C(C)(C)C(C)(C)C)cc3)OCCO2)c(OC)c1. The van der Waals surface area contributed by atoms with Gasteiger partial charge in [0.25, 0.3) is 0 Å². The van der Waals surface area contributed by atoms with Crippen molar-refractivity contribution in [3.05, 3.63) is 53.6 Å². The van der Waals surface area contributed by atoms with Crippen molar-refractivity contribution in [1.82, 2.24) is 0 Å². The number of carbonyl (C=O) groups is 1. The maximum atomic E-state index is 12.5. The Morgan fingerprint density at radius 3 is 2.06 bits per heavy atom. The molecule has 1 aliphatic rings. The molecule has 0 aliphatic carbocycles. The number of rotatable bonds is 9. The van der Waals surface area contributed by atoms with Gasteiger partial charge < -0.3 is 28.4 Å². The largest absolute Gasteiger partial charge is 0.497 e. The highest BCUT2D eigenvalue weighted by Gasteiger charge is 2.43. The molecule has 2 aromatic rings. The van der Waals surface area contributed by atoms with Crippen LogP contribution in [0.4, 0.5) is 0 Å². The van der Waals surface area contributed by atoms with Crippen LogP contribution in [-0.2, 0) is 24.8 Å². The first-order valence-electron chi connectivity index (χ1n) is 11.5. The van der Waals surface area contributed by atoms with E-state index in [1.807, 2.05) is 77.1 Å². The average molecular weight is 473 g/mol. The molecule has 0 amide bonds. The molecule has 1 aliphatic heterocycles. The maximum Gasteiger partial charge on any atom is 0.312 e. The average Bonchev–Trinajstić information content (AvgIpc) is 3.31. The van der Waals surface area contributed by atoms with Crippen molar-refractivity contribution < 1.29 is 33.2 Å². The molecule has 7 heteroatoms. The van der Waals surface area contributed by atoms with Gasteiger partial charge in [0.05, 0.1) is 38.4 Å². The minimum absolute atomic E-state index is 0.180. The number of hydrogen-bond donors (Lipinski definition) is 0. The summed E-state index contributed by atoms with van der Waals surface area (Å²) < 4.78 is 34.4. The van der Waals surface area contributed by atoms with Gasteiger partial charge in [0.1, 0.15) is 30.5 Å². The molecule has 0 spiro atoms. The molecule has 0 bridgehead atoms. The summed E-state index contributed by atoms with van der Waals surface area (Å²) in [4.78, 5) is 12.5. The fraction of sp³-hybridized carbons (Fsp3) is 0.519. The molecule has 186 valence electrons. The predicted molar refractivity (Wildman–Crippen MR) is 128 cm³/mol. The highest BCUT2D eigenvalue weighted by atomic mass is 16.7. The molecular weight excluding hydrogens is 436 g/mol. The second-order valence-electron chi connectivity index (χ2n) is 9.76. The quantitative estimate of drug-likeness (QED) is 0.378. The number of methoxy groups -OCH3 is 2. The van der Waals surface area contributed by atoms with Gasteiger partial charge in [-0.25, -0.2) is 0 Å². The minimum Gasteiger partial charge on any atom is -0.497 e. The molecule has 1 saturated heterocycles. The fourth-order valence-electron chi connectivity index (χ4n) is 3.51. The molecule has 0 N–H and O–H groups in total. The van der Waals surface area contributed by atoms with Crippen molar-refractivity contribution in [1.29, 1.82) is 0 Å². The zero-order valence-corrected chi connectivity index (χ0v) is 21.2. The van der Waals surface area contributed by atoms with E-state index in [9.17, 15) is 4.79 Å².